The summed E-state index contributed by atoms with van der Waals surface area (Å²) in [6, 6.07) is 0.306. The molecule has 0 spiro atoms. The number of rotatable bonds is 17. The lowest BCUT2D eigenvalue weighted by Crippen LogP contribution is -2.62. The van der Waals surface area contributed by atoms with Crippen LogP contribution >= 0.6 is 0 Å². The maximum absolute atomic E-state index is 12.3. The molecule has 0 bridgehead atoms. The zero-order chi connectivity index (χ0) is 22.3. The van der Waals surface area contributed by atoms with E-state index in [9.17, 15) is 4.79 Å². The Bertz CT molecular complexity index is 428. The molecule has 1 amide bonds. The third-order valence-electron chi connectivity index (χ3n) is 6.56. The van der Waals surface area contributed by atoms with Crippen LogP contribution in [0.25, 0.3) is 0 Å². The predicted molar refractivity (Wildman–Crippen MR) is 132 cm³/mol. The monoisotopic (exact) mass is 422 g/mol. The molecule has 30 heavy (non-hydrogen) atoms. The molecular formula is C27H54N2O. The summed E-state index contributed by atoms with van der Waals surface area (Å²) in [7, 11) is 0. The molecule has 1 fully saturated rings. The van der Waals surface area contributed by atoms with Gasteiger partial charge in [0, 0.05) is 23.5 Å². The molecule has 178 valence electrons. The maximum atomic E-state index is 12.3. The van der Waals surface area contributed by atoms with Crippen molar-refractivity contribution in [1.82, 2.24) is 10.6 Å². The Hall–Kier alpha value is -0.570. The molecule has 0 aromatic carbocycles. The first-order valence-corrected chi connectivity index (χ1v) is 13.3. The Morgan fingerprint density at radius 3 is 1.47 bits per heavy atom. The van der Waals surface area contributed by atoms with Crippen LogP contribution in [-0.2, 0) is 4.79 Å². The van der Waals surface area contributed by atoms with E-state index in [1.54, 1.807) is 0 Å². The van der Waals surface area contributed by atoms with E-state index in [4.69, 9.17) is 0 Å². The largest absolute Gasteiger partial charge is 0.353 e. The van der Waals surface area contributed by atoms with E-state index < -0.39 is 0 Å². The fourth-order valence-electron chi connectivity index (χ4n) is 5.38. The molecule has 1 rings (SSSR count). The Balaban J connectivity index is 1.90. The van der Waals surface area contributed by atoms with Gasteiger partial charge in [0.1, 0.15) is 0 Å². The van der Waals surface area contributed by atoms with Crippen LogP contribution in [0.3, 0.4) is 0 Å². The molecule has 0 aliphatic carbocycles. The Labute approximate surface area is 188 Å². The van der Waals surface area contributed by atoms with Crippen molar-refractivity contribution in [1.29, 1.82) is 0 Å². The second kappa shape index (κ2) is 15.3. The van der Waals surface area contributed by atoms with Crippen molar-refractivity contribution in [3.8, 4) is 0 Å². The predicted octanol–water partition coefficient (Wildman–Crippen LogP) is 7.67. The van der Waals surface area contributed by atoms with Crippen molar-refractivity contribution in [3.05, 3.63) is 0 Å². The zero-order valence-corrected chi connectivity index (χ0v) is 21.2. The van der Waals surface area contributed by atoms with Gasteiger partial charge in [0.15, 0.2) is 0 Å². The highest BCUT2D eigenvalue weighted by atomic mass is 16.1. The molecule has 1 aliphatic heterocycles. The first-order chi connectivity index (χ1) is 14.2. The van der Waals surface area contributed by atoms with E-state index in [-0.39, 0.29) is 17.0 Å². The molecule has 1 saturated heterocycles. The SMILES string of the molecule is CCCCCCCCCCCCCCCCCC(=O)NC1CC(C)(C)NC(C)(C)C1. The van der Waals surface area contributed by atoms with E-state index in [2.05, 4.69) is 45.3 Å². The summed E-state index contributed by atoms with van der Waals surface area (Å²) in [4.78, 5) is 12.3. The molecule has 0 radical (unpaired) electrons. The molecule has 0 aromatic rings. The van der Waals surface area contributed by atoms with E-state index in [1.165, 1.54) is 89.9 Å². The minimum absolute atomic E-state index is 0.0916. The second-order valence-corrected chi connectivity index (χ2v) is 11.3. The van der Waals surface area contributed by atoms with Gasteiger partial charge in [0.05, 0.1) is 0 Å². The van der Waals surface area contributed by atoms with Crippen LogP contribution in [-0.4, -0.2) is 23.0 Å². The maximum Gasteiger partial charge on any atom is 0.220 e. The number of piperidine rings is 1. The highest BCUT2D eigenvalue weighted by molar-refractivity contribution is 5.76. The van der Waals surface area contributed by atoms with Crippen molar-refractivity contribution in [2.24, 2.45) is 0 Å². The second-order valence-electron chi connectivity index (χ2n) is 11.3. The normalized spacial score (nSPS) is 18.4. The fraction of sp³-hybridized carbons (Fsp3) is 0.963. The summed E-state index contributed by atoms with van der Waals surface area (Å²) < 4.78 is 0. The van der Waals surface area contributed by atoms with Crippen molar-refractivity contribution < 1.29 is 4.79 Å². The molecule has 0 aromatic heterocycles. The minimum Gasteiger partial charge on any atom is -0.353 e. The molecule has 3 nitrogen and oxygen atoms in total. The number of nitrogens with one attached hydrogen (secondary N) is 2. The molecule has 0 unspecified atom stereocenters. The number of unbranched alkanes of at least 4 members (excludes halogenated alkanes) is 14. The van der Waals surface area contributed by atoms with Gasteiger partial charge in [-0.3, -0.25) is 4.79 Å². The summed E-state index contributed by atoms with van der Waals surface area (Å²) in [6.07, 6.45) is 23.2. The summed E-state index contributed by atoms with van der Waals surface area (Å²) in [6.45, 7) is 11.2. The number of amides is 1. The smallest absolute Gasteiger partial charge is 0.220 e. The third-order valence-corrected chi connectivity index (χ3v) is 6.56. The molecule has 1 heterocycles. The highest BCUT2D eigenvalue weighted by Gasteiger charge is 2.37. The summed E-state index contributed by atoms with van der Waals surface area (Å²) in [5, 5.41) is 6.98. The van der Waals surface area contributed by atoms with Gasteiger partial charge in [-0.2, -0.15) is 0 Å². The highest BCUT2D eigenvalue weighted by Crippen LogP contribution is 2.28. The lowest BCUT2D eigenvalue weighted by molar-refractivity contribution is -0.122. The van der Waals surface area contributed by atoms with Gasteiger partial charge in [-0.15, -0.1) is 0 Å². The summed E-state index contributed by atoms with van der Waals surface area (Å²) >= 11 is 0. The summed E-state index contributed by atoms with van der Waals surface area (Å²) in [5.41, 5.74) is 0.183. The van der Waals surface area contributed by atoms with Gasteiger partial charge < -0.3 is 10.6 Å². The van der Waals surface area contributed by atoms with E-state index >= 15 is 0 Å². The van der Waals surface area contributed by atoms with E-state index in [0.717, 1.165) is 19.3 Å². The van der Waals surface area contributed by atoms with E-state index in [1.807, 2.05) is 0 Å². The number of hydrogen-bond acceptors (Lipinski definition) is 2. The van der Waals surface area contributed by atoms with Crippen LogP contribution in [0.15, 0.2) is 0 Å². The quantitative estimate of drug-likeness (QED) is 0.236. The van der Waals surface area contributed by atoms with Gasteiger partial charge in [-0.25, -0.2) is 0 Å². The van der Waals surface area contributed by atoms with Crippen LogP contribution in [0.2, 0.25) is 0 Å². The number of carbonyl (C=O) groups excluding carboxylic acids is 1. The Morgan fingerprint density at radius 2 is 1.07 bits per heavy atom. The average Bonchev–Trinajstić information content (AvgIpc) is 2.62. The fourth-order valence-corrected chi connectivity index (χ4v) is 5.38. The summed E-state index contributed by atoms with van der Waals surface area (Å²) in [5.74, 6) is 0.253. The first kappa shape index (κ1) is 27.5. The topological polar surface area (TPSA) is 41.1 Å². The van der Waals surface area contributed by atoms with Crippen molar-refractivity contribution >= 4 is 5.91 Å². The molecule has 1 aliphatic rings. The zero-order valence-electron chi connectivity index (χ0n) is 21.2. The molecule has 2 N–H and O–H groups in total. The van der Waals surface area contributed by atoms with Crippen LogP contribution in [0.5, 0.6) is 0 Å². The van der Waals surface area contributed by atoms with Gasteiger partial charge in [-0.1, -0.05) is 96.8 Å². The van der Waals surface area contributed by atoms with Crippen LogP contribution < -0.4 is 10.6 Å². The van der Waals surface area contributed by atoms with Crippen LogP contribution in [0, 0.1) is 0 Å². The lowest BCUT2D eigenvalue weighted by Gasteiger charge is -2.46. The first-order valence-electron chi connectivity index (χ1n) is 13.3. The standard InChI is InChI=1S/C27H54N2O/c1-6-7-8-9-10-11-12-13-14-15-16-17-18-19-20-21-25(30)28-24-22-26(2,3)29-27(4,5)23-24/h24,29H,6-23H2,1-5H3,(H,28,30). The lowest BCUT2D eigenvalue weighted by atomic mass is 9.79. The van der Waals surface area contributed by atoms with Crippen molar-refractivity contribution in [2.75, 3.05) is 0 Å². The van der Waals surface area contributed by atoms with Crippen molar-refractivity contribution in [2.45, 2.75) is 167 Å². The third kappa shape index (κ3) is 14.4. The van der Waals surface area contributed by atoms with Crippen molar-refractivity contribution in [3.63, 3.8) is 0 Å². The molecule has 3 heteroatoms. The number of hydrogen-bond donors (Lipinski definition) is 2. The van der Waals surface area contributed by atoms with Crippen LogP contribution in [0.1, 0.15) is 150 Å². The van der Waals surface area contributed by atoms with Crippen LogP contribution in [0.4, 0.5) is 0 Å². The molecule has 0 saturated carbocycles. The molecule has 0 atom stereocenters. The Morgan fingerprint density at radius 1 is 0.700 bits per heavy atom. The van der Waals surface area contributed by atoms with Gasteiger partial charge >= 0.3 is 0 Å². The Kier molecular flexibility index (Phi) is 14.0. The minimum atomic E-state index is 0.0916. The molecular weight excluding hydrogens is 368 g/mol. The van der Waals surface area contributed by atoms with E-state index in [0.29, 0.717) is 12.5 Å². The number of carbonyl (C=O) groups is 1. The van der Waals surface area contributed by atoms with Gasteiger partial charge in [0.25, 0.3) is 0 Å². The average molecular weight is 423 g/mol. The van der Waals surface area contributed by atoms with Gasteiger partial charge in [-0.05, 0) is 47.0 Å². The van der Waals surface area contributed by atoms with Gasteiger partial charge in [0.2, 0.25) is 5.91 Å².